The number of anilines is 2. The zero-order valence-corrected chi connectivity index (χ0v) is 21.4. The number of urea groups is 1. The number of nitrogens with zero attached hydrogens (tertiary/aromatic N) is 7. The quantitative estimate of drug-likeness (QED) is 0.627. The van der Waals surface area contributed by atoms with Gasteiger partial charge in [-0.05, 0) is 44.7 Å². The van der Waals surface area contributed by atoms with Gasteiger partial charge in [-0.1, -0.05) is 30.3 Å². The Balaban J connectivity index is 1.15. The number of rotatable bonds is 4. The molecule has 3 aliphatic heterocycles. The van der Waals surface area contributed by atoms with Crippen molar-refractivity contribution in [3.63, 3.8) is 0 Å². The van der Waals surface area contributed by atoms with Crippen LogP contribution in [0.3, 0.4) is 0 Å². The Hall–Kier alpha value is -4.00. The highest BCUT2D eigenvalue weighted by Crippen LogP contribution is 2.42. The fourth-order valence-electron chi connectivity index (χ4n) is 5.72. The van der Waals surface area contributed by atoms with Crippen molar-refractivity contribution in [2.75, 3.05) is 29.9 Å². The molecule has 10 heteroatoms. The average molecular weight is 498 g/mol. The summed E-state index contributed by atoms with van der Waals surface area (Å²) in [6.07, 6.45) is 2.50. The summed E-state index contributed by atoms with van der Waals surface area (Å²) in [6.45, 7) is 15.2. The summed E-state index contributed by atoms with van der Waals surface area (Å²) in [5.41, 5.74) is 2.99. The summed E-state index contributed by atoms with van der Waals surface area (Å²) in [5, 5.41) is 6.54. The topological polar surface area (TPSA) is 103 Å². The van der Waals surface area contributed by atoms with E-state index in [1.807, 2.05) is 34.9 Å². The Morgan fingerprint density at radius 3 is 2.78 bits per heavy atom. The summed E-state index contributed by atoms with van der Waals surface area (Å²) in [5.74, 6) is 2.60. The molecular formula is C27H31N9O. The van der Waals surface area contributed by atoms with Crippen molar-refractivity contribution < 1.29 is 4.79 Å². The molecular weight excluding hydrogens is 466 g/mol. The Bertz CT molecular complexity index is 1340. The van der Waals surface area contributed by atoms with Gasteiger partial charge < -0.3 is 15.5 Å². The van der Waals surface area contributed by atoms with Crippen molar-refractivity contribution in [1.82, 2.24) is 25.2 Å². The molecule has 0 bridgehead atoms. The standard InChI is InChI=1S/C27H31N9O/c1-16-30-24(34-25(31-16)35-12-8-11-22(35)28-4)33-23-19-15-36(27(2,3)20(19)14-29-23)26(37)32-21-13-18(21)17-9-6-5-7-10-17/h5-7,9-10,18,21-22H,8,11-15H2,1-3H3,(H,32,37)(H,29,30,31,33,34)/t18?,21?,22-/m0/s1. The second-order valence-corrected chi connectivity index (χ2v) is 10.7. The first-order valence-corrected chi connectivity index (χ1v) is 12.9. The first kappa shape index (κ1) is 23.4. The van der Waals surface area contributed by atoms with Gasteiger partial charge in [-0.25, -0.2) is 11.4 Å². The molecule has 2 unspecified atom stereocenters. The lowest BCUT2D eigenvalue weighted by molar-refractivity contribution is 0.170. The molecule has 2 amide bonds. The molecule has 2 aromatic rings. The maximum absolute atomic E-state index is 13.3. The molecule has 190 valence electrons. The SMILES string of the molecule is [C-]#[N+][C@@H]1CCCN1c1nc(C)nc(NC2=NCC3=C2CN(C(=O)NC2CC2c2ccccc2)C3(C)C)n1. The van der Waals surface area contributed by atoms with Crippen molar-refractivity contribution in [3.05, 3.63) is 64.3 Å². The number of amidine groups is 1. The summed E-state index contributed by atoms with van der Waals surface area (Å²) in [6, 6.07) is 10.5. The Kier molecular flexibility index (Phi) is 5.59. The number of carbonyl (C=O) groups is 1. The molecule has 2 N–H and O–H groups in total. The van der Waals surface area contributed by atoms with E-state index in [-0.39, 0.29) is 18.2 Å². The minimum atomic E-state index is -0.442. The van der Waals surface area contributed by atoms with Crippen LogP contribution < -0.4 is 15.5 Å². The number of benzene rings is 1. The third-order valence-electron chi connectivity index (χ3n) is 7.94. The van der Waals surface area contributed by atoms with E-state index >= 15 is 0 Å². The average Bonchev–Trinajstić information content (AvgIpc) is 3.19. The van der Waals surface area contributed by atoms with Crippen LogP contribution in [0.25, 0.3) is 4.85 Å². The van der Waals surface area contributed by atoms with E-state index in [1.165, 1.54) is 5.56 Å². The van der Waals surface area contributed by atoms with Crippen LogP contribution in [0, 0.1) is 13.5 Å². The largest absolute Gasteiger partial charge is 0.335 e. The van der Waals surface area contributed by atoms with Crippen molar-refractivity contribution in [3.8, 4) is 0 Å². The zero-order valence-electron chi connectivity index (χ0n) is 21.4. The number of hydrogen-bond donors (Lipinski definition) is 2. The molecule has 4 aliphatic rings. The first-order chi connectivity index (χ1) is 17.8. The van der Waals surface area contributed by atoms with Gasteiger partial charge in [-0.2, -0.15) is 15.0 Å². The highest BCUT2D eigenvalue weighted by atomic mass is 16.2. The minimum absolute atomic E-state index is 0.0420. The van der Waals surface area contributed by atoms with Crippen molar-refractivity contribution in [2.45, 2.75) is 63.7 Å². The Labute approximate surface area is 216 Å². The third kappa shape index (κ3) is 4.18. The molecule has 3 atom stereocenters. The number of amides is 2. The molecule has 37 heavy (non-hydrogen) atoms. The van der Waals surface area contributed by atoms with E-state index in [9.17, 15) is 4.79 Å². The minimum Gasteiger partial charge on any atom is -0.335 e. The predicted molar refractivity (Wildman–Crippen MR) is 141 cm³/mol. The van der Waals surface area contributed by atoms with Gasteiger partial charge >= 0.3 is 12.2 Å². The van der Waals surface area contributed by atoms with Gasteiger partial charge in [-0.15, -0.1) is 0 Å². The molecule has 1 saturated carbocycles. The molecule has 2 fully saturated rings. The van der Waals surface area contributed by atoms with Gasteiger partial charge in [0.05, 0.1) is 18.6 Å². The number of aromatic nitrogens is 3. The highest BCUT2D eigenvalue weighted by Gasteiger charge is 2.48. The monoisotopic (exact) mass is 497 g/mol. The van der Waals surface area contributed by atoms with Crippen LogP contribution in [0.15, 0.2) is 46.5 Å². The lowest BCUT2D eigenvalue weighted by atomic mass is 9.94. The molecule has 1 aromatic carbocycles. The fourth-order valence-corrected chi connectivity index (χ4v) is 5.72. The van der Waals surface area contributed by atoms with Crippen LogP contribution in [0.1, 0.15) is 50.4 Å². The van der Waals surface area contributed by atoms with Gasteiger partial charge in [0.15, 0.2) is 0 Å². The molecule has 1 aliphatic carbocycles. The van der Waals surface area contributed by atoms with Crippen LogP contribution in [0.2, 0.25) is 0 Å². The lowest BCUT2D eigenvalue weighted by Gasteiger charge is -2.34. The number of hydrogen-bond acceptors (Lipinski definition) is 7. The second kappa shape index (κ2) is 8.83. The molecule has 1 saturated heterocycles. The normalized spacial score (nSPS) is 25.6. The summed E-state index contributed by atoms with van der Waals surface area (Å²) in [7, 11) is 0. The first-order valence-electron chi connectivity index (χ1n) is 12.9. The van der Waals surface area contributed by atoms with E-state index < -0.39 is 5.54 Å². The Morgan fingerprint density at radius 1 is 1.19 bits per heavy atom. The van der Waals surface area contributed by atoms with Crippen LogP contribution in [0.4, 0.5) is 16.7 Å². The second-order valence-electron chi connectivity index (χ2n) is 10.7. The van der Waals surface area contributed by atoms with E-state index in [0.29, 0.717) is 42.6 Å². The van der Waals surface area contributed by atoms with E-state index in [1.54, 1.807) is 0 Å². The van der Waals surface area contributed by atoms with E-state index in [2.05, 4.69) is 56.4 Å². The van der Waals surface area contributed by atoms with Gasteiger partial charge in [0, 0.05) is 30.5 Å². The molecule has 4 heterocycles. The van der Waals surface area contributed by atoms with Gasteiger partial charge in [0.1, 0.15) is 11.7 Å². The number of carbonyl (C=O) groups excluding carboxylic acids is 1. The number of aliphatic imine (C=N–C) groups is 1. The van der Waals surface area contributed by atoms with Crippen molar-refractivity contribution in [1.29, 1.82) is 0 Å². The van der Waals surface area contributed by atoms with Crippen LogP contribution in [-0.4, -0.2) is 69.1 Å². The fraction of sp³-hybridized carbons (Fsp3) is 0.481. The van der Waals surface area contributed by atoms with Crippen molar-refractivity contribution in [2.24, 2.45) is 4.99 Å². The summed E-state index contributed by atoms with van der Waals surface area (Å²) < 4.78 is 0. The third-order valence-corrected chi connectivity index (χ3v) is 7.94. The summed E-state index contributed by atoms with van der Waals surface area (Å²) in [4.78, 5) is 39.2. The van der Waals surface area contributed by atoms with E-state index in [4.69, 9.17) is 11.6 Å². The van der Waals surface area contributed by atoms with Crippen molar-refractivity contribution >= 4 is 23.8 Å². The van der Waals surface area contributed by atoms with Crippen LogP contribution in [-0.2, 0) is 0 Å². The van der Waals surface area contributed by atoms with E-state index in [0.717, 1.165) is 37.0 Å². The molecule has 6 rings (SSSR count). The van der Waals surface area contributed by atoms with Gasteiger partial charge in [0.25, 0.3) is 0 Å². The Morgan fingerprint density at radius 2 is 2.00 bits per heavy atom. The predicted octanol–water partition coefficient (Wildman–Crippen LogP) is 3.51. The molecule has 0 radical (unpaired) electrons. The zero-order chi connectivity index (χ0) is 25.7. The van der Waals surface area contributed by atoms with Crippen LogP contribution in [0.5, 0.6) is 0 Å². The maximum atomic E-state index is 13.3. The van der Waals surface area contributed by atoms with Gasteiger partial charge in [-0.3, -0.25) is 14.7 Å². The molecule has 1 aromatic heterocycles. The summed E-state index contributed by atoms with van der Waals surface area (Å²) >= 11 is 0. The van der Waals surface area contributed by atoms with Gasteiger partial charge in [0.2, 0.25) is 11.9 Å². The maximum Gasteiger partial charge on any atom is 0.318 e. The number of aryl methyl sites for hydroxylation is 1. The molecule has 10 nitrogen and oxygen atoms in total. The molecule has 0 spiro atoms. The lowest BCUT2D eigenvalue weighted by Crippen LogP contribution is -2.51. The smallest absolute Gasteiger partial charge is 0.318 e. The van der Waals surface area contributed by atoms with Crippen LogP contribution >= 0.6 is 0 Å². The number of nitrogens with one attached hydrogen (secondary N) is 2. The highest BCUT2D eigenvalue weighted by molar-refractivity contribution is 6.11.